The van der Waals surface area contributed by atoms with Crippen LogP contribution in [0.3, 0.4) is 0 Å². The third-order valence-electron chi connectivity index (χ3n) is 7.22. The fourth-order valence-electron chi connectivity index (χ4n) is 5.51. The molecule has 40 heavy (non-hydrogen) atoms. The van der Waals surface area contributed by atoms with E-state index in [9.17, 15) is 19.5 Å². The Bertz CT molecular complexity index is 1430. The Kier molecular flexibility index (Phi) is 8.72. The van der Waals surface area contributed by atoms with Crippen molar-refractivity contribution in [3.8, 4) is 0 Å². The molecule has 3 amide bonds. The maximum Gasteiger partial charge on any atom is 0.255 e. The standard InChI is InChI=1S/C28H28Cl2N4O5S/c1-15(35)31-28-32-17(14-40-28)13-39-33-26(37)24-18-6-2-3-7-19(18)27(38)34(22-8-4-5-9-23(22)36)25(24)20-11-10-16(29)12-21(20)30/h2-3,6-7,10-12,14,22-25,36H,4-5,8-9,13H2,1H3,(H,33,37)(H,31,32,35)/t22-,23-,24+,25-/m0/s1. The third-order valence-corrected chi connectivity index (χ3v) is 8.59. The van der Waals surface area contributed by atoms with E-state index in [0.29, 0.717) is 50.4 Å². The fraction of sp³-hybridized carbons (Fsp3) is 0.357. The van der Waals surface area contributed by atoms with Crippen molar-refractivity contribution in [1.29, 1.82) is 0 Å². The molecule has 12 heteroatoms. The topological polar surface area (TPSA) is 121 Å². The Labute approximate surface area is 245 Å². The fourth-order valence-corrected chi connectivity index (χ4v) is 6.77. The number of rotatable bonds is 7. The summed E-state index contributed by atoms with van der Waals surface area (Å²) in [5.41, 5.74) is 4.54. The molecule has 1 aliphatic carbocycles. The lowest BCUT2D eigenvalue weighted by Crippen LogP contribution is -2.55. The zero-order valence-electron chi connectivity index (χ0n) is 21.6. The van der Waals surface area contributed by atoms with E-state index in [-0.39, 0.29) is 18.4 Å². The number of nitrogens with one attached hydrogen (secondary N) is 2. The van der Waals surface area contributed by atoms with E-state index < -0.39 is 30.0 Å². The first kappa shape index (κ1) is 28.5. The van der Waals surface area contributed by atoms with Crippen molar-refractivity contribution in [2.75, 3.05) is 5.32 Å². The van der Waals surface area contributed by atoms with Crippen molar-refractivity contribution in [3.05, 3.63) is 80.3 Å². The highest BCUT2D eigenvalue weighted by atomic mass is 35.5. The summed E-state index contributed by atoms with van der Waals surface area (Å²) in [4.78, 5) is 50.7. The van der Waals surface area contributed by atoms with Gasteiger partial charge in [0, 0.05) is 27.9 Å². The number of thiazole rings is 1. The summed E-state index contributed by atoms with van der Waals surface area (Å²) < 4.78 is 0. The summed E-state index contributed by atoms with van der Waals surface area (Å²) >= 11 is 14.1. The number of fused-ring (bicyclic) bond motifs is 1. The second kappa shape index (κ2) is 12.2. The summed E-state index contributed by atoms with van der Waals surface area (Å²) in [7, 11) is 0. The largest absolute Gasteiger partial charge is 0.391 e. The number of aliphatic hydroxyl groups is 1. The van der Waals surface area contributed by atoms with Crippen LogP contribution in [0.1, 0.15) is 71.7 Å². The maximum absolute atomic E-state index is 14.0. The minimum atomic E-state index is -0.896. The summed E-state index contributed by atoms with van der Waals surface area (Å²) in [6, 6.07) is 10.6. The van der Waals surface area contributed by atoms with Crippen molar-refractivity contribution >= 4 is 57.4 Å². The molecular weight excluding hydrogens is 575 g/mol. The van der Waals surface area contributed by atoms with Gasteiger partial charge in [0.05, 0.1) is 29.8 Å². The van der Waals surface area contributed by atoms with Crippen molar-refractivity contribution in [2.45, 2.75) is 63.3 Å². The lowest BCUT2D eigenvalue weighted by atomic mass is 9.77. The molecule has 0 radical (unpaired) electrons. The molecular formula is C28H28Cl2N4O5S. The number of aromatic nitrogens is 1. The molecule has 2 aliphatic rings. The lowest BCUT2D eigenvalue weighted by Gasteiger charge is -2.48. The number of hydroxylamine groups is 1. The van der Waals surface area contributed by atoms with Gasteiger partial charge in [0.1, 0.15) is 6.61 Å². The van der Waals surface area contributed by atoms with Gasteiger partial charge in [0.2, 0.25) is 5.91 Å². The van der Waals surface area contributed by atoms with Gasteiger partial charge in [-0.25, -0.2) is 10.5 Å². The van der Waals surface area contributed by atoms with Crippen LogP contribution in [-0.2, 0) is 21.0 Å². The van der Waals surface area contributed by atoms with Crippen LogP contribution in [0.4, 0.5) is 5.13 Å². The van der Waals surface area contributed by atoms with Crippen LogP contribution in [0, 0.1) is 0 Å². The number of carbonyl (C=O) groups is 3. The number of aliphatic hydroxyl groups excluding tert-OH is 1. The van der Waals surface area contributed by atoms with Crippen molar-refractivity contribution < 1.29 is 24.3 Å². The van der Waals surface area contributed by atoms with E-state index in [2.05, 4.69) is 15.8 Å². The second-order valence-corrected chi connectivity index (χ2v) is 11.6. The number of hydrogen-bond acceptors (Lipinski definition) is 7. The Balaban J connectivity index is 1.50. The highest BCUT2D eigenvalue weighted by Crippen LogP contribution is 2.47. The molecule has 9 nitrogen and oxygen atoms in total. The first-order valence-corrected chi connectivity index (χ1v) is 14.6. The van der Waals surface area contributed by atoms with Crippen LogP contribution in [0.2, 0.25) is 10.0 Å². The molecule has 1 fully saturated rings. The van der Waals surface area contributed by atoms with E-state index in [1.54, 1.807) is 52.7 Å². The van der Waals surface area contributed by atoms with Crippen LogP contribution in [0.5, 0.6) is 0 Å². The van der Waals surface area contributed by atoms with Gasteiger partial charge in [-0.05, 0) is 42.2 Å². The molecule has 0 bridgehead atoms. The molecule has 1 aromatic heterocycles. The normalized spacial score (nSPS) is 22.5. The zero-order valence-corrected chi connectivity index (χ0v) is 23.9. The Morgan fingerprint density at radius 1 is 1.15 bits per heavy atom. The maximum atomic E-state index is 14.0. The quantitative estimate of drug-likeness (QED) is 0.318. The molecule has 2 aromatic carbocycles. The number of benzene rings is 2. The average Bonchev–Trinajstić information content (AvgIpc) is 3.35. The van der Waals surface area contributed by atoms with Gasteiger partial charge < -0.3 is 15.3 Å². The number of hydrogen-bond donors (Lipinski definition) is 3. The number of halogens is 2. The first-order chi connectivity index (χ1) is 19.2. The molecule has 3 aromatic rings. The van der Waals surface area contributed by atoms with E-state index >= 15 is 0 Å². The molecule has 0 unspecified atom stereocenters. The van der Waals surface area contributed by atoms with E-state index in [4.69, 9.17) is 28.0 Å². The number of nitrogens with zero attached hydrogens (tertiary/aromatic N) is 2. The SMILES string of the molecule is CC(=O)Nc1nc(CONC(=O)[C@@H]2c3ccccc3C(=O)N([C@H]3CCCC[C@@H]3O)[C@H]2c2ccc(Cl)cc2Cl)cs1. The van der Waals surface area contributed by atoms with Gasteiger partial charge in [-0.2, -0.15) is 0 Å². The van der Waals surface area contributed by atoms with Crippen LogP contribution >= 0.6 is 34.5 Å². The first-order valence-electron chi connectivity index (χ1n) is 12.9. The Morgan fingerprint density at radius 3 is 2.67 bits per heavy atom. The lowest BCUT2D eigenvalue weighted by molar-refractivity contribution is -0.138. The minimum Gasteiger partial charge on any atom is -0.391 e. The Morgan fingerprint density at radius 2 is 1.93 bits per heavy atom. The number of amides is 3. The summed E-state index contributed by atoms with van der Waals surface area (Å²) in [5.74, 6) is -1.88. The van der Waals surface area contributed by atoms with Crippen LogP contribution in [0.25, 0.3) is 0 Å². The van der Waals surface area contributed by atoms with Gasteiger partial charge in [-0.3, -0.25) is 19.2 Å². The third kappa shape index (κ3) is 5.87. The molecule has 5 rings (SSSR count). The van der Waals surface area contributed by atoms with Crippen molar-refractivity contribution in [3.63, 3.8) is 0 Å². The Hall–Kier alpha value is -3.02. The summed E-state index contributed by atoms with van der Waals surface area (Å²) in [5, 5.41) is 16.5. The zero-order chi connectivity index (χ0) is 28.4. The monoisotopic (exact) mass is 602 g/mol. The predicted octanol–water partition coefficient (Wildman–Crippen LogP) is 5.24. The molecule has 3 N–H and O–H groups in total. The molecule has 0 saturated heterocycles. The van der Waals surface area contributed by atoms with Crippen molar-refractivity contribution in [1.82, 2.24) is 15.4 Å². The summed E-state index contributed by atoms with van der Waals surface area (Å²) in [6.45, 7) is 1.36. The predicted molar refractivity (Wildman–Crippen MR) is 152 cm³/mol. The van der Waals surface area contributed by atoms with E-state index in [0.717, 1.165) is 12.8 Å². The van der Waals surface area contributed by atoms with E-state index in [1.165, 1.54) is 18.3 Å². The molecule has 1 saturated carbocycles. The smallest absolute Gasteiger partial charge is 0.255 e. The second-order valence-electron chi connectivity index (χ2n) is 9.89. The van der Waals surface area contributed by atoms with Crippen LogP contribution < -0.4 is 10.8 Å². The van der Waals surface area contributed by atoms with Crippen LogP contribution in [0.15, 0.2) is 47.8 Å². The summed E-state index contributed by atoms with van der Waals surface area (Å²) in [6.07, 6.45) is 2.13. The van der Waals surface area contributed by atoms with Gasteiger partial charge in [0.15, 0.2) is 5.13 Å². The highest BCUT2D eigenvalue weighted by Gasteiger charge is 2.49. The van der Waals surface area contributed by atoms with Gasteiger partial charge in [-0.1, -0.05) is 60.3 Å². The molecule has 4 atom stereocenters. The minimum absolute atomic E-state index is 0.0352. The van der Waals surface area contributed by atoms with Crippen molar-refractivity contribution in [2.24, 2.45) is 0 Å². The number of anilines is 1. The highest BCUT2D eigenvalue weighted by molar-refractivity contribution is 7.13. The molecule has 0 spiro atoms. The van der Waals surface area contributed by atoms with Gasteiger partial charge >= 0.3 is 0 Å². The van der Waals surface area contributed by atoms with Crippen LogP contribution in [-0.4, -0.2) is 44.9 Å². The van der Waals surface area contributed by atoms with Gasteiger partial charge in [0.25, 0.3) is 11.8 Å². The number of carbonyl (C=O) groups excluding carboxylic acids is 3. The van der Waals surface area contributed by atoms with E-state index in [1.807, 2.05) is 0 Å². The van der Waals surface area contributed by atoms with Gasteiger partial charge in [-0.15, -0.1) is 11.3 Å². The average molecular weight is 604 g/mol. The molecule has 210 valence electrons. The molecule has 2 heterocycles. The molecule has 1 aliphatic heterocycles.